The van der Waals surface area contributed by atoms with Gasteiger partial charge in [-0.1, -0.05) is 55.4 Å². The van der Waals surface area contributed by atoms with Crippen LogP contribution in [0.4, 0.5) is 0 Å². The van der Waals surface area contributed by atoms with Gasteiger partial charge in [0.25, 0.3) is 10.1 Å². The van der Waals surface area contributed by atoms with Crippen LogP contribution in [0, 0.1) is 5.41 Å². The number of amides is 1. The van der Waals surface area contributed by atoms with Gasteiger partial charge in [0.05, 0.1) is 6.61 Å². The van der Waals surface area contributed by atoms with Gasteiger partial charge >= 0.3 is 5.97 Å². The molecule has 33 heavy (non-hydrogen) atoms. The summed E-state index contributed by atoms with van der Waals surface area (Å²) in [6.07, 6.45) is 14.5. The SMILES string of the molecule is CCOC(=O)[C@H](CS(=O)(=O)O)NC(=O)/C=C(C)/C=C/C=C(C)/C=C/C1=C(C)CCCC1(C)C. The Balaban J connectivity index is 2.81. The molecule has 7 nitrogen and oxygen atoms in total. The van der Waals surface area contributed by atoms with Gasteiger partial charge in [-0.25, -0.2) is 4.79 Å². The molecule has 0 heterocycles. The standard InChI is InChI=1S/C25H37NO6S/c1-7-32-24(28)22(17-33(29,30)31)26-23(27)16-19(3)11-8-10-18(2)13-14-21-20(4)12-9-15-25(21,5)6/h8,10-11,13-14,16,22H,7,9,12,15,17H2,1-6H3,(H,26,27)(H,29,30,31)/b11-8+,14-13+,18-10+,19-16+/t22-/m0/s1. The fourth-order valence-electron chi connectivity index (χ4n) is 3.72. The van der Waals surface area contributed by atoms with E-state index in [1.807, 2.05) is 19.1 Å². The molecule has 0 aliphatic heterocycles. The Morgan fingerprint density at radius 3 is 2.45 bits per heavy atom. The van der Waals surface area contributed by atoms with Crippen LogP contribution in [0.1, 0.15) is 60.8 Å². The van der Waals surface area contributed by atoms with Gasteiger partial charge in [0.1, 0.15) is 11.8 Å². The molecule has 8 heteroatoms. The van der Waals surface area contributed by atoms with Crippen LogP contribution in [-0.2, 0) is 24.4 Å². The highest BCUT2D eigenvalue weighted by molar-refractivity contribution is 7.85. The van der Waals surface area contributed by atoms with E-state index in [1.165, 1.54) is 30.1 Å². The van der Waals surface area contributed by atoms with Crippen molar-refractivity contribution in [2.45, 2.75) is 66.8 Å². The maximum absolute atomic E-state index is 12.2. The Labute approximate surface area is 198 Å². The third kappa shape index (κ3) is 10.8. The normalized spacial score (nSPS) is 18.6. The summed E-state index contributed by atoms with van der Waals surface area (Å²) in [7, 11) is -4.48. The fourth-order valence-corrected chi connectivity index (χ4v) is 4.36. The van der Waals surface area contributed by atoms with Crippen molar-refractivity contribution < 1.29 is 27.3 Å². The number of hydrogen-bond acceptors (Lipinski definition) is 5. The second kappa shape index (κ2) is 12.7. The molecule has 0 spiro atoms. The Kier molecular flexibility index (Phi) is 11.0. The molecular formula is C25H37NO6S. The summed E-state index contributed by atoms with van der Waals surface area (Å²) >= 11 is 0. The van der Waals surface area contributed by atoms with Crippen LogP contribution in [0.25, 0.3) is 0 Å². The van der Waals surface area contributed by atoms with Crippen molar-refractivity contribution in [3.05, 3.63) is 58.7 Å². The van der Waals surface area contributed by atoms with Crippen LogP contribution in [0.2, 0.25) is 0 Å². The Hall–Kier alpha value is -2.45. The Morgan fingerprint density at radius 1 is 1.21 bits per heavy atom. The average Bonchev–Trinajstić information content (AvgIpc) is 2.65. The third-order valence-corrected chi connectivity index (χ3v) is 6.15. The van der Waals surface area contributed by atoms with Gasteiger partial charge in [-0.3, -0.25) is 9.35 Å². The molecule has 0 fully saturated rings. The zero-order chi connectivity index (χ0) is 25.2. The highest BCUT2D eigenvalue weighted by Gasteiger charge is 2.27. The molecule has 0 aromatic heterocycles. The lowest BCUT2D eigenvalue weighted by Gasteiger charge is -2.32. The zero-order valence-electron chi connectivity index (χ0n) is 20.5. The maximum Gasteiger partial charge on any atom is 0.329 e. The van der Waals surface area contributed by atoms with Crippen molar-refractivity contribution in [1.82, 2.24) is 5.32 Å². The molecule has 184 valence electrons. The van der Waals surface area contributed by atoms with Crippen LogP contribution >= 0.6 is 0 Å². The van der Waals surface area contributed by atoms with Crippen molar-refractivity contribution in [2.24, 2.45) is 5.41 Å². The first-order valence-corrected chi connectivity index (χ1v) is 12.7. The van der Waals surface area contributed by atoms with E-state index in [0.717, 1.165) is 12.0 Å². The summed E-state index contributed by atoms with van der Waals surface area (Å²) < 4.78 is 36.0. The molecule has 1 amide bonds. The first kappa shape index (κ1) is 28.6. The van der Waals surface area contributed by atoms with Crippen LogP contribution < -0.4 is 5.32 Å². The molecule has 2 N–H and O–H groups in total. The fraction of sp³-hybridized carbons (Fsp3) is 0.520. The maximum atomic E-state index is 12.2. The van der Waals surface area contributed by atoms with Gasteiger partial charge in [0, 0.05) is 6.08 Å². The lowest BCUT2D eigenvalue weighted by molar-refractivity contribution is -0.146. The second-order valence-electron chi connectivity index (χ2n) is 8.98. The monoisotopic (exact) mass is 479 g/mol. The summed E-state index contributed by atoms with van der Waals surface area (Å²) in [5, 5.41) is 2.26. The number of hydrogen-bond donors (Lipinski definition) is 2. The second-order valence-corrected chi connectivity index (χ2v) is 10.5. The van der Waals surface area contributed by atoms with Gasteiger partial charge in [0.2, 0.25) is 5.91 Å². The average molecular weight is 480 g/mol. The number of carbonyl (C=O) groups excluding carboxylic acids is 2. The molecule has 1 aliphatic carbocycles. The Morgan fingerprint density at radius 2 is 1.88 bits per heavy atom. The summed E-state index contributed by atoms with van der Waals surface area (Å²) in [6.45, 7) is 12.0. The number of esters is 1. The minimum Gasteiger partial charge on any atom is -0.464 e. The first-order valence-electron chi connectivity index (χ1n) is 11.1. The summed E-state index contributed by atoms with van der Waals surface area (Å²) in [4.78, 5) is 24.0. The van der Waals surface area contributed by atoms with E-state index >= 15 is 0 Å². The van der Waals surface area contributed by atoms with E-state index in [1.54, 1.807) is 19.9 Å². The van der Waals surface area contributed by atoms with Crippen molar-refractivity contribution in [2.75, 3.05) is 12.4 Å². The lowest BCUT2D eigenvalue weighted by Crippen LogP contribution is -2.45. The van der Waals surface area contributed by atoms with Gasteiger partial charge in [-0.15, -0.1) is 0 Å². The van der Waals surface area contributed by atoms with Crippen LogP contribution in [0.3, 0.4) is 0 Å². The van der Waals surface area contributed by atoms with Crippen molar-refractivity contribution >= 4 is 22.0 Å². The van der Waals surface area contributed by atoms with Crippen LogP contribution in [0.15, 0.2) is 58.7 Å². The number of rotatable bonds is 10. The molecule has 1 rings (SSSR count). The highest BCUT2D eigenvalue weighted by Crippen LogP contribution is 2.40. The smallest absolute Gasteiger partial charge is 0.329 e. The summed E-state index contributed by atoms with van der Waals surface area (Å²) in [6, 6.07) is -1.49. The van der Waals surface area contributed by atoms with Crippen molar-refractivity contribution in [3.63, 3.8) is 0 Å². The van der Waals surface area contributed by atoms with E-state index in [9.17, 15) is 18.0 Å². The quantitative estimate of drug-likeness (QED) is 0.207. The zero-order valence-corrected chi connectivity index (χ0v) is 21.3. The van der Waals surface area contributed by atoms with E-state index < -0.39 is 33.8 Å². The first-order chi connectivity index (χ1) is 15.2. The molecule has 0 unspecified atom stereocenters. The number of nitrogens with one attached hydrogen (secondary N) is 1. The highest BCUT2D eigenvalue weighted by atomic mass is 32.2. The molecular weight excluding hydrogens is 442 g/mol. The van der Waals surface area contributed by atoms with E-state index in [0.29, 0.717) is 5.57 Å². The molecule has 0 aromatic carbocycles. The molecule has 1 aliphatic rings. The number of allylic oxidation sites excluding steroid dienone is 9. The predicted molar refractivity (Wildman–Crippen MR) is 131 cm³/mol. The molecule has 0 saturated heterocycles. The topological polar surface area (TPSA) is 110 Å². The number of carbonyl (C=O) groups is 2. The summed E-state index contributed by atoms with van der Waals surface area (Å²) in [5.74, 6) is -2.55. The minimum absolute atomic E-state index is 0.0166. The number of ether oxygens (including phenoxy) is 1. The molecule has 0 bridgehead atoms. The lowest BCUT2D eigenvalue weighted by atomic mass is 9.72. The molecule has 1 atom stereocenters. The Bertz CT molecular complexity index is 980. The third-order valence-electron chi connectivity index (χ3n) is 5.40. The minimum atomic E-state index is -4.48. The van der Waals surface area contributed by atoms with Crippen molar-refractivity contribution in [1.29, 1.82) is 0 Å². The van der Waals surface area contributed by atoms with E-state index in [-0.39, 0.29) is 12.0 Å². The van der Waals surface area contributed by atoms with Gasteiger partial charge in [-0.05, 0) is 63.5 Å². The summed E-state index contributed by atoms with van der Waals surface area (Å²) in [5.41, 5.74) is 4.66. The predicted octanol–water partition coefficient (Wildman–Crippen LogP) is 4.45. The molecule has 0 saturated carbocycles. The van der Waals surface area contributed by atoms with Crippen molar-refractivity contribution in [3.8, 4) is 0 Å². The van der Waals surface area contributed by atoms with Gasteiger partial charge in [-0.2, -0.15) is 8.42 Å². The van der Waals surface area contributed by atoms with Crippen LogP contribution in [-0.4, -0.2) is 43.2 Å². The molecule has 0 aromatic rings. The van der Waals surface area contributed by atoms with Gasteiger partial charge < -0.3 is 10.1 Å². The van der Waals surface area contributed by atoms with E-state index in [4.69, 9.17) is 9.29 Å². The molecule has 0 radical (unpaired) electrons. The van der Waals surface area contributed by atoms with Crippen LogP contribution in [0.5, 0.6) is 0 Å². The van der Waals surface area contributed by atoms with E-state index in [2.05, 4.69) is 38.2 Å². The largest absolute Gasteiger partial charge is 0.464 e. The van der Waals surface area contributed by atoms with Gasteiger partial charge in [0.15, 0.2) is 0 Å².